The van der Waals surface area contributed by atoms with Gasteiger partial charge in [-0.25, -0.2) is 0 Å². The maximum Gasteiger partial charge on any atom is 0.164 e. The second-order valence-corrected chi connectivity index (χ2v) is 5.28. The van der Waals surface area contributed by atoms with Crippen molar-refractivity contribution in [2.24, 2.45) is 5.73 Å². The molecule has 0 spiro atoms. The lowest BCUT2D eigenvalue weighted by Crippen LogP contribution is -2.09. The maximum absolute atomic E-state index is 11.9. The average Bonchev–Trinajstić information content (AvgIpc) is 2.68. The molecule has 1 aromatic rings. The van der Waals surface area contributed by atoms with Gasteiger partial charge in [0.25, 0.3) is 0 Å². The Morgan fingerprint density at radius 2 is 1.89 bits per heavy atom. The number of Topliss-reactive ketones (excluding diaryl/α,β-unsaturated/α-hetero) is 1. The molecule has 0 unspecified atom stereocenters. The maximum atomic E-state index is 11.9. The fourth-order valence-electron chi connectivity index (χ4n) is 2.85. The lowest BCUT2D eigenvalue weighted by atomic mass is 9.90. The van der Waals surface area contributed by atoms with Gasteiger partial charge in [0.15, 0.2) is 5.78 Å². The largest absolute Gasteiger partial charge is 0.330 e. The van der Waals surface area contributed by atoms with Crippen LogP contribution >= 0.6 is 0 Å². The van der Waals surface area contributed by atoms with Crippen LogP contribution in [0.25, 0.3) is 0 Å². The van der Waals surface area contributed by atoms with Crippen LogP contribution in [-0.4, -0.2) is 12.3 Å². The Bertz CT molecular complexity index is 392. The minimum absolute atomic E-state index is 0.174. The van der Waals surface area contributed by atoms with Gasteiger partial charge in [0.1, 0.15) is 0 Å². The monoisotopic (exact) mass is 245 g/mol. The van der Waals surface area contributed by atoms with Crippen molar-refractivity contribution in [3.05, 3.63) is 35.4 Å². The molecule has 0 radical (unpaired) electrons. The molecule has 0 bridgehead atoms. The molecule has 1 aromatic carbocycles. The first-order chi connectivity index (χ1) is 8.81. The third-order valence-corrected chi connectivity index (χ3v) is 3.91. The summed E-state index contributed by atoms with van der Waals surface area (Å²) in [6.45, 7) is 0.437. The summed E-state index contributed by atoms with van der Waals surface area (Å²) in [7, 11) is 0. The van der Waals surface area contributed by atoms with E-state index in [4.69, 9.17) is 5.73 Å². The summed E-state index contributed by atoms with van der Waals surface area (Å²) in [5, 5.41) is 0. The molecule has 1 aliphatic rings. The molecule has 0 heterocycles. The summed E-state index contributed by atoms with van der Waals surface area (Å²) in [6.07, 6.45) is 8.37. The van der Waals surface area contributed by atoms with Gasteiger partial charge in [-0.05, 0) is 36.9 Å². The van der Waals surface area contributed by atoms with Gasteiger partial charge in [-0.3, -0.25) is 4.79 Å². The van der Waals surface area contributed by atoms with Crippen LogP contribution in [0.5, 0.6) is 0 Å². The van der Waals surface area contributed by atoms with Crippen LogP contribution in [0.3, 0.4) is 0 Å². The summed E-state index contributed by atoms with van der Waals surface area (Å²) in [5.74, 6) is 0.825. The lowest BCUT2D eigenvalue weighted by Gasteiger charge is -2.15. The number of benzene rings is 1. The van der Waals surface area contributed by atoms with Crippen LogP contribution in [0.2, 0.25) is 0 Å². The molecule has 1 fully saturated rings. The minimum Gasteiger partial charge on any atom is -0.330 e. The number of ketones is 1. The first kappa shape index (κ1) is 13.3. The molecule has 2 nitrogen and oxygen atoms in total. The summed E-state index contributed by atoms with van der Waals surface area (Å²) in [6, 6.07) is 8.20. The minimum atomic E-state index is 0.174. The molecule has 2 N–H and O–H groups in total. The van der Waals surface area contributed by atoms with Gasteiger partial charge in [0, 0.05) is 12.0 Å². The third kappa shape index (κ3) is 3.42. The molecule has 18 heavy (non-hydrogen) atoms. The van der Waals surface area contributed by atoms with Crippen molar-refractivity contribution in [2.45, 2.75) is 50.9 Å². The Labute approximate surface area is 110 Å². The molecule has 0 aromatic heterocycles. The highest BCUT2D eigenvalue weighted by atomic mass is 16.1. The molecule has 0 amide bonds. The zero-order valence-electron chi connectivity index (χ0n) is 11.0. The van der Waals surface area contributed by atoms with E-state index in [1.54, 1.807) is 0 Å². The number of carbonyl (C=O) groups excluding carboxylic acids is 1. The Kier molecular flexibility index (Phi) is 4.94. The standard InChI is InChI=1S/C16H23NO/c17-11-10-16(18)15-9-5-8-14(12-15)13-6-3-1-2-4-7-13/h5,8-9,12-13H,1-4,6-7,10-11,17H2. The van der Waals surface area contributed by atoms with E-state index in [1.165, 1.54) is 44.1 Å². The van der Waals surface area contributed by atoms with Crippen LogP contribution in [0.1, 0.15) is 66.8 Å². The SMILES string of the molecule is NCCC(=O)c1cccc(C2CCCCCC2)c1. The summed E-state index contributed by atoms with van der Waals surface area (Å²) < 4.78 is 0. The predicted molar refractivity (Wildman–Crippen MR) is 74.9 cm³/mol. The zero-order valence-corrected chi connectivity index (χ0v) is 11.0. The quantitative estimate of drug-likeness (QED) is 0.650. The predicted octanol–water partition coefficient (Wildman–Crippen LogP) is 3.66. The molecule has 1 saturated carbocycles. The number of hydrogen-bond acceptors (Lipinski definition) is 2. The summed E-state index contributed by atoms with van der Waals surface area (Å²) >= 11 is 0. The van der Waals surface area contributed by atoms with Crippen molar-refractivity contribution in [3.8, 4) is 0 Å². The van der Waals surface area contributed by atoms with Gasteiger partial charge in [0.2, 0.25) is 0 Å². The van der Waals surface area contributed by atoms with Crippen molar-refractivity contribution in [1.82, 2.24) is 0 Å². The number of carbonyl (C=O) groups is 1. The molecule has 2 rings (SSSR count). The smallest absolute Gasteiger partial charge is 0.164 e. The van der Waals surface area contributed by atoms with Crippen molar-refractivity contribution >= 4 is 5.78 Å². The van der Waals surface area contributed by atoms with E-state index in [-0.39, 0.29) is 5.78 Å². The van der Waals surface area contributed by atoms with Crippen molar-refractivity contribution < 1.29 is 4.79 Å². The molecule has 0 atom stereocenters. The molecule has 1 aliphatic carbocycles. The fraction of sp³-hybridized carbons (Fsp3) is 0.562. The van der Waals surface area contributed by atoms with E-state index < -0.39 is 0 Å². The highest BCUT2D eigenvalue weighted by Gasteiger charge is 2.15. The van der Waals surface area contributed by atoms with Gasteiger partial charge in [-0.1, -0.05) is 43.9 Å². The van der Waals surface area contributed by atoms with Crippen LogP contribution in [0.15, 0.2) is 24.3 Å². The van der Waals surface area contributed by atoms with Crippen molar-refractivity contribution in [3.63, 3.8) is 0 Å². The zero-order chi connectivity index (χ0) is 12.8. The van der Waals surface area contributed by atoms with E-state index in [0.29, 0.717) is 18.9 Å². The molecular formula is C16H23NO. The van der Waals surface area contributed by atoms with Crippen LogP contribution in [-0.2, 0) is 0 Å². The van der Waals surface area contributed by atoms with Crippen molar-refractivity contribution in [1.29, 1.82) is 0 Å². The van der Waals surface area contributed by atoms with E-state index in [2.05, 4.69) is 12.1 Å². The molecule has 0 saturated heterocycles. The summed E-state index contributed by atoms with van der Waals surface area (Å²) in [5.41, 5.74) is 7.63. The van der Waals surface area contributed by atoms with Gasteiger partial charge in [0.05, 0.1) is 0 Å². The van der Waals surface area contributed by atoms with E-state index >= 15 is 0 Å². The molecular weight excluding hydrogens is 222 g/mol. The Hall–Kier alpha value is -1.15. The topological polar surface area (TPSA) is 43.1 Å². The Morgan fingerprint density at radius 3 is 2.56 bits per heavy atom. The van der Waals surface area contributed by atoms with Crippen molar-refractivity contribution in [2.75, 3.05) is 6.54 Å². The van der Waals surface area contributed by atoms with E-state index in [9.17, 15) is 4.79 Å². The average molecular weight is 245 g/mol. The number of nitrogens with two attached hydrogens (primary N) is 1. The normalized spacial score (nSPS) is 17.4. The Morgan fingerprint density at radius 1 is 1.17 bits per heavy atom. The van der Waals surface area contributed by atoms with Gasteiger partial charge >= 0.3 is 0 Å². The fourth-order valence-corrected chi connectivity index (χ4v) is 2.85. The molecule has 98 valence electrons. The second kappa shape index (κ2) is 6.69. The van der Waals surface area contributed by atoms with Gasteiger partial charge in [-0.2, -0.15) is 0 Å². The first-order valence-corrected chi connectivity index (χ1v) is 7.14. The van der Waals surface area contributed by atoms with Gasteiger partial charge in [-0.15, -0.1) is 0 Å². The Balaban J connectivity index is 2.12. The molecule has 2 heteroatoms. The number of hydrogen-bond donors (Lipinski definition) is 1. The van der Waals surface area contributed by atoms with E-state index in [1.807, 2.05) is 12.1 Å². The van der Waals surface area contributed by atoms with Crippen LogP contribution in [0, 0.1) is 0 Å². The van der Waals surface area contributed by atoms with Crippen LogP contribution in [0.4, 0.5) is 0 Å². The lowest BCUT2D eigenvalue weighted by molar-refractivity contribution is 0.0985. The van der Waals surface area contributed by atoms with E-state index in [0.717, 1.165) is 5.56 Å². The highest BCUT2D eigenvalue weighted by molar-refractivity contribution is 5.96. The number of rotatable bonds is 4. The molecule has 0 aliphatic heterocycles. The van der Waals surface area contributed by atoms with Crippen LogP contribution < -0.4 is 5.73 Å². The highest BCUT2D eigenvalue weighted by Crippen LogP contribution is 2.31. The third-order valence-electron chi connectivity index (χ3n) is 3.91. The summed E-state index contributed by atoms with van der Waals surface area (Å²) in [4.78, 5) is 11.9. The second-order valence-electron chi connectivity index (χ2n) is 5.28. The first-order valence-electron chi connectivity index (χ1n) is 7.14. The van der Waals surface area contributed by atoms with Gasteiger partial charge < -0.3 is 5.73 Å².